The van der Waals surface area contributed by atoms with Crippen LogP contribution in [0.15, 0.2) is 467 Å². The van der Waals surface area contributed by atoms with Crippen LogP contribution in [0.25, 0.3) is 231 Å². The first-order valence-electron chi connectivity index (χ1n) is 45.7. The third-order valence-electron chi connectivity index (χ3n) is 28.3. The Morgan fingerprint density at radius 3 is 0.977 bits per heavy atom. The largest absolute Gasteiger partial charge is 0.456 e. The first kappa shape index (κ1) is 75.8. The molecule has 0 unspecified atom stereocenters. The molecule has 0 saturated carbocycles. The van der Waals surface area contributed by atoms with E-state index in [1.165, 1.54) is 77.0 Å². The normalized spacial score (nSPS) is 12.5. The third kappa shape index (κ3) is 12.5. The van der Waals surface area contributed by atoms with Crippen LogP contribution in [-0.2, 0) is 5.41 Å². The van der Waals surface area contributed by atoms with Gasteiger partial charge in [0.15, 0.2) is 0 Å². The summed E-state index contributed by atoms with van der Waals surface area (Å²) < 4.78 is 26.8. The number of hydrogen-bond donors (Lipinski definition) is 0. The van der Waals surface area contributed by atoms with E-state index >= 15 is 0 Å². The SMILES string of the molecule is CC1(C)c2cc(-c3cccc(-c4cccc5c4ccc4oc6cc(-c7ccc(N(c8ccc(-c9ccc(-c%10ccccc%10)cc9)cc8)c8ccc(-c9ccc%10c(c9)oc9ccc%11ccccc%11c9%10)cc8)cc7)ccc6c45)c3)ccc2-c2ccc(N(c3ccc(-c4ccc5c(c4)oc4c6ccccc6ccc54)cc3)c3ccc(-c4ccc5c(c4)oc4c6ccccc6ccc54)cc3)cc21. The van der Waals surface area contributed by atoms with Gasteiger partial charge in [0.1, 0.15) is 44.7 Å². The highest BCUT2D eigenvalue weighted by Gasteiger charge is 2.37. The van der Waals surface area contributed by atoms with Crippen molar-refractivity contribution in [1.82, 2.24) is 0 Å². The molecule has 6 nitrogen and oxygen atoms in total. The number of nitrogens with zero attached hydrogens (tertiary/aromatic N) is 2. The Balaban J connectivity index is 0.481. The van der Waals surface area contributed by atoms with Gasteiger partial charge in [-0.15, -0.1) is 0 Å². The van der Waals surface area contributed by atoms with E-state index in [0.29, 0.717) is 0 Å². The first-order chi connectivity index (χ1) is 65.6. The molecule has 0 atom stereocenters. The fourth-order valence-electron chi connectivity index (χ4n) is 21.5. The third-order valence-corrected chi connectivity index (χ3v) is 28.3. The molecule has 4 heterocycles. The van der Waals surface area contributed by atoms with E-state index in [0.717, 1.165) is 199 Å². The summed E-state index contributed by atoms with van der Waals surface area (Å²) in [6.45, 7) is 4.78. The number of benzene rings is 22. The van der Waals surface area contributed by atoms with Gasteiger partial charge in [-0.1, -0.05) is 305 Å². The lowest BCUT2D eigenvalue weighted by atomic mass is 9.81. The van der Waals surface area contributed by atoms with E-state index in [9.17, 15) is 0 Å². The molecule has 27 rings (SSSR count). The van der Waals surface area contributed by atoms with Crippen LogP contribution in [-0.4, -0.2) is 0 Å². The molecule has 0 saturated heterocycles. The van der Waals surface area contributed by atoms with Crippen LogP contribution >= 0.6 is 0 Å². The lowest BCUT2D eigenvalue weighted by Crippen LogP contribution is -2.16. The standard InChI is InChI=1S/C127H80N2O4/c1-127(2)115-71-89(42-59-106(115)107-66-58-100(76-116(107)127)129(98-54-36-81(37-55-98)90-43-60-108-111-62-40-86-17-7-10-22-103(86)125(111)132-119(108)72-90)99-56-38-82(39-57-99)91-44-61-109-112-63-41-87-18-8-11-23-104(87)126(112)133-120(109)73-91)88-19-12-20-94(70-88)101-24-13-25-110-105(101)67-69-118-124(110)114-65-46-93(75-122(114)131-118)84-34-52-97(53-35-84)128(95-48-30-80(31-49-95)79-28-26-78(27-29-79)77-14-4-3-5-15-77)96-50-32-83(33-51-96)92-45-64-113-121(74-92)130-117-68-47-85-16-6-9-21-102(85)123(113)117/h3-76H,1-2H3. The minimum Gasteiger partial charge on any atom is -0.456 e. The minimum absolute atomic E-state index is 0.339. The molecule has 0 fully saturated rings. The van der Waals surface area contributed by atoms with Gasteiger partial charge in [0.2, 0.25) is 0 Å². The van der Waals surface area contributed by atoms with Gasteiger partial charge in [0, 0.05) is 93.4 Å². The fraction of sp³-hybridized carbons (Fsp3) is 0.0236. The zero-order chi connectivity index (χ0) is 87.7. The van der Waals surface area contributed by atoms with Gasteiger partial charge in [-0.3, -0.25) is 0 Å². The first-order valence-corrected chi connectivity index (χ1v) is 45.7. The van der Waals surface area contributed by atoms with Crippen molar-refractivity contribution in [3.05, 3.63) is 460 Å². The average molecular weight is 1700 g/mol. The van der Waals surface area contributed by atoms with Crippen LogP contribution in [0.2, 0.25) is 0 Å². The van der Waals surface area contributed by atoms with E-state index in [2.05, 4.69) is 473 Å². The second-order valence-corrected chi connectivity index (χ2v) is 36.1. The van der Waals surface area contributed by atoms with Gasteiger partial charge in [-0.2, -0.15) is 0 Å². The maximum absolute atomic E-state index is 6.88. The smallest absolute Gasteiger partial charge is 0.143 e. The number of fused-ring (bicyclic) bond motifs is 23. The summed E-state index contributed by atoms with van der Waals surface area (Å²) in [4.78, 5) is 4.75. The predicted molar refractivity (Wildman–Crippen MR) is 556 cm³/mol. The Bertz CT molecular complexity index is 9060. The molecule has 0 N–H and O–H groups in total. The zero-order valence-electron chi connectivity index (χ0n) is 72.8. The summed E-state index contributed by atoms with van der Waals surface area (Å²) in [7, 11) is 0. The van der Waals surface area contributed by atoms with Crippen molar-refractivity contribution >= 4 is 165 Å². The van der Waals surface area contributed by atoms with E-state index in [4.69, 9.17) is 17.7 Å². The molecule has 6 heteroatoms. The maximum Gasteiger partial charge on any atom is 0.143 e. The number of furan rings is 4. The minimum atomic E-state index is -0.339. The van der Waals surface area contributed by atoms with E-state index in [-0.39, 0.29) is 5.41 Å². The Morgan fingerprint density at radius 1 is 0.165 bits per heavy atom. The summed E-state index contributed by atoms with van der Waals surface area (Å²) in [5, 5.41) is 18.3. The average Bonchev–Trinajstić information content (AvgIpc) is 1.58. The maximum atomic E-state index is 6.88. The van der Waals surface area contributed by atoms with Gasteiger partial charge < -0.3 is 27.5 Å². The molecule has 4 aromatic heterocycles. The second-order valence-electron chi connectivity index (χ2n) is 36.1. The summed E-state index contributed by atoms with van der Waals surface area (Å²) in [6.07, 6.45) is 0. The summed E-state index contributed by atoms with van der Waals surface area (Å²) in [6, 6.07) is 164. The molecule has 1 aliphatic carbocycles. The highest BCUT2D eigenvalue weighted by molar-refractivity contribution is 6.23. The summed E-state index contributed by atoms with van der Waals surface area (Å²) in [5.74, 6) is 0. The van der Waals surface area contributed by atoms with Crippen molar-refractivity contribution < 1.29 is 17.7 Å². The lowest BCUT2D eigenvalue weighted by molar-refractivity contribution is 0.660. The van der Waals surface area contributed by atoms with Crippen LogP contribution in [0.4, 0.5) is 34.1 Å². The molecule has 622 valence electrons. The van der Waals surface area contributed by atoms with Gasteiger partial charge in [-0.25, -0.2) is 0 Å². The van der Waals surface area contributed by atoms with Crippen molar-refractivity contribution in [2.45, 2.75) is 19.3 Å². The summed E-state index contributed by atoms with van der Waals surface area (Å²) >= 11 is 0. The number of anilines is 6. The molecular weight excluding hydrogens is 1620 g/mol. The Labute approximate surface area is 766 Å². The number of hydrogen-bond acceptors (Lipinski definition) is 6. The summed E-state index contributed by atoms with van der Waals surface area (Å²) in [5.41, 5.74) is 36.3. The van der Waals surface area contributed by atoms with Crippen molar-refractivity contribution in [2.75, 3.05) is 9.80 Å². The quantitative estimate of drug-likeness (QED) is 0.108. The lowest BCUT2D eigenvalue weighted by Gasteiger charge is -2.28. The zero-order valence-corrected chi connectivity index (χ0v) is 72.8. The predicted octanol–water partition coefficient (Wildman–Crippen LogP) is 36.5. The highest BCUT2D eigenvalue weighted by atomic mass is 16.3. The monoisotopic (exact) mass is 1700 g/mol. The van der Waals surface area contributed by atoms with Crippen LogP contribution in [0.5, 0.6) is 0 Å². The molecular formula is C127H80N2O4. The van der Waals surface area contributed by atoms with Gasteiger partial charge in [0.05, 0.1) is 0 Å². The fourth-order valence-corrected chi connectivity index (χ4v) is 21.5. The van der Waals surface area contributed by atoms with Gasteiger partial charge in [0.25, 0.3) is 0 Å². The molecule has 1 aliphatic rings. The van der Waals surface area contributed by atoms with E-state index < -0.39 is 0 Å². The molecule has 0 bridgehead atoms. The Kier molecular flexibility index (Phi) is 17.0. The molecule has 22 aromatic carbocycles. The van der Waals surface area contributed by atoms with Gasteiger partial charge in [-0.05, 0) is 301 Å². The van der Waals surface area contributed by atoms with E-state index in [1.54, 1.807) is 0 Å². The Hall–Kier alpha value is -17.3. The second kappa shape index (κ2) is 29.9. The van der Waals surface area contributed by atoms with Crippen LogP contribution in [0.3, 0.4) is 0 Å². The highest BCUT2D eigenvalue weighted by Crippen LogP contribution is 2.54. The molecule has 26 aromatic rings. The van der Waals surface area contributed by atoms with Crippen molar-refractivity contribution in [2.24, 2.45) is 0 Å². The van der Waals surface area contributed by atoms with Crippen molar-refractivity contribution in [3.63, 3.8) is 0 Å². The number of rotatable bonds is 14. The molecule has 133 heavy (non-hydrogen) atoms. The van der Waals surface area contributed by atoms with Crippen molar-refractivity contribution in [1.29, 1.82) is 0 Å². The topological polar surface area (TPSA) is 59.0 Å². The molecule has 0 amide bonds. The van der Waals surface area contributed by atoms with Crippen LogP contribution < -0.4 is 9.80 Å². The Morgan fingerprint density at radius 2 is 0.474 bits per heavy atom. The van der Waals surface area contributed by atoms with Crippen LogP contribution in [0, 0.1) is 0 Å². The van der Waals surface area contributed by atoms with Gasteiger partial charge >= 0.3 is 0 Å². The molecule has 0 aliphatic heterocycles. The van der Waals surface area contributed by atoms with E-state index in [1.807, 2.05) is 0 Å². The van der Waals surface area contributed by atoms with Crippen LogP contribution in [0.1, 0.15) is 25.0 Å². The molecule has 0 radical (unpaired) electrons. The molecule has 0 spiro atoms. The van der Waals surface area contributed by atoms with Crippen molar-refractivity contribution in [3.8, 4) is 100 Å².